The van der Waals surface area contributed by atoms with Crippen LogP contribution >= 0.6 is 11.8 Å². The third kappa shape index (κ3) is 2.65. The van der Waals surface area contributed by atoms with Crippen LogP contribution in [0.25, 0.3) is 10.9 Å². The largest absolute Gasteiger partial charge is 0.316 e. The van der Waals surface area contributed by atoms with Crippen molar-refractivity contribution in [2.45, 2.75) is 29.5 Å². The molecule has 18 heavy (non-hydrogen) atoms. The van der Waals surface area contributed by atoms with E-state index in [1.54, 1.807) is 6.33 Å². The topological polar surface area (TPSA) is 37.8 Å². The van der Waals surface area contributed by atoms with E-state index in [9.17, 15) is 0 Å². The van der Waals surface area contributed by atoms with Gasteiger partial charge in [0.1, 0.15) is 11.4 Å². The van der Waals surface area contributed by atoms with Crippen LogP contribution in [-0.2, 0) is 0 Å². The summed E-state index contributed by atoms with van der Waals surface area (Å²) < 4.78 is 0. The quantitative estimate of drug-likeness (QED) is 0.842. The first-order valence-corrected chi connectivity index (χ1v) is 7.38. The molecule has 0 spiro atoms. The zero-order valence-corrected chi connectivity index (χ0v) is 11.1. The molecule has 1 aromatic carbocycles. The van der Waals surface area contributed by atoms with Crippen molar-refractivity contribution < 1.29 is 0 Å². The minimum atomic E-state index is 0.630. The molecule has 3 nitrogen and oxygen atoms in total. The maximum absolute atomic E-state index is 4.46. The molecule has 1 fully saturated rings. The molecule has 1 saturated heterocycles. The lowest BCUT2D eigenvalue weighted by atomic mass is 10.2. The average molecular weight is 259 g/mol. The van der Waals surface area contributed by atoms with Crippen molar-refractivity contribution in [1.82, 2.24) is 15.3 Å². The van der Waals surface area contributed by atoms with Gasteiger partial charge in [-0.2, -0.15) is 0 Å². The predicted molar refractivity (Wildman–Crippen MR) is 75.9 cm³/mol. The first-order valence-electron chi connectivity index (χ1n) is 6.50. The summed E-state index contributed by atoms with van der Waals surface area (Å²) in [5.74, 6) is 0. The van der Waals surface area contributed by atoms with Crippen molar-refractivity contribution in [1.29, 1.82) is 0 Å². The van der Waals surface area contributed by atoms with Crippen molar-refractivity contribution >= 4 is 22.7 Å². The molecule has 1 N–H and O–H groups in total. The summed E-state index contributed by atoms with van der Waals surface area (Å²) in [6.07, 6.45) is 5.56. The van der Waals surface area contributed by atoms with E-state index in [4.69, 9.17) is 0 Å². The molecular formula is C14H17N3S. The van der Waals surface area contributed by atoms with Crippen LogP contribution in [0.2, 0.25) is 0 Å². The molecule has 1 atom stereocenters. The Kier molecular flexibility index (Phi) is 3.76. The molecule has 2 aromatic rings. The van der Waals surface area contributed by atoms with E-state index in [1.807, 2.05) is 23.9 Å². The van der Waals surface area contributed by atoms with Gasteiger partial charge in [-0.3, -0.25) is 0 Å². The minimum absolute atomic E-state index is 0.630. The highest BCUT2D eigenvalue weighted by Gasteiger charge is 2.15. The second-order valence-electron chi connectivity index (χ2n) is 4.64. The van der Waals surface area contributed by atoms with E-state index >= 15 is 0 Å². The van der Waals surface area contributed by atoms with E-state index < -0.39 is 0 Å². The summed E-state index contributed by atoms with van der Waals surface area (Å²) in [4.78, 5) is 8.77. The standard InChI is InChI=1S/C14H17N3S/c1-2-7-13-12(6-1)14(17-10-16-13)18-11-5-3-4-8-15-9-11/h1-2,6-7,10-11,15H,3-5,8-9H2. The number of hydrogen-bond acceptors (Lipinski definition) is 4. The van der Waals surface area contributed by atoms with E-state index in [0.717, 1.165) is 23.6 Å². The number of nitrogens with one attached hydrogen (secondary N) is 1. The number of aromatic nitrogens is 2. The maximum Gasteiger partial charge on any atom is 0.117 e. The lowest BCUT2D eigenvalue weighted by molar-refractivity contribution is 0.706. The van der Waals surface area contributed by atoms with Gasteiger partial charge in [0.2, 0.25) is 0 Å². The van der Waals surface area contributed by atoms with Crippen LogP contribution in [0.4, 0.5) is 0 Å². The number of rotatable bonds is 2. The minimum Gasteiger partial charge on any atom is -0.316 e. The van der Waals surface area contributed by atoms with E-state index in [2.05, 4.69) is 27.4 Å². The van der Waals surface area contributed by atoms with Crippen LogP contribution in [0.15, 0.2) is 35.6 Å². The Bertz CT molecular complexity index is 516. The highest BCUT2D eigenvalue weighted by atomic mass is 32.2. The Morgan fingerprint density at radius 1 is 1.17 bits per heavy atom. The molecule has 0 saturated carbocycles. The van der Waals surface area contributed by atoms with Crippen LogP contribution in [-0.4, -0.2) is 28.3 Å². The monoisotopic (exact) mass is 259 g/mol. The van der Waals surface area contributed by atoms with Crippen molar-refractivity contribution in [3.8, 4) is 0 Å². The molecule has 1 unspecified atom stereocenters. The normalized spacial score (nSPS) is 20.8. The summed E-state index contributed by atoms with van der Waals surface area (Å²) >= 11 is 1.89. The fourth-order valence-corrected chi connectivity index (χ4v) is 3.53. The summed E-state index contributed by atoms with van der Waals surface area (Å²) in [5, 5.41) is 6.43. The summed E-state index contributed by atoms with van der Waals surface area (Å²) in [6.45, 7) is 2.24. The lowest BCUT2D eigenvalue weighted by Gasteiger charge is -2.13. The van der Waals surface area contributed by atoms with Crippen LogP contribution < -0.4 is 5.32 Å². The molecule has 94 valence electrons. The number of benzene rings is 1. The van der Waals surface area contributed by atoms with E-state index in [-0.39, 0.29) is 0 Å². The molecule has 1 aromatic heterocycles. The van der Waals surface area contributed by atoms with Gasteiger partial charge in [-0.25, -0.2) is 9.97 Å². The number of hydrogen-bond donors (Lipinski definition) is 1. The molecule has 1 aliphatic rings. The maximum atomic E-state index is 4.46. The molecule has 3 rings (SSSR count). The molecule has 0 radical (unpaired) electrons. The number of nitrogens with zero attached hydrogens (tertiary/aromatic N) is 2. The van der Waals surface area contributed by atoms with Crippen molar-refractivity contribution in [2.75, 3.05) is 13.1 Å². The van der Waals surface area contributed by atoms with E-state index in [0.29, 0.717) is 5.25 Å². The second-order valence-corrected chi connectivity index (χ2v) is 5.92. The smallest absolute Gasteiger partial charge is 0.117 e. The molecular weight excluding hydrogens is 242 g/mol. The third-order valence-corrected chi connectivity index (χ3v) is 4.57. The Hall–Kier alpha value is -1.13. The fourth-order valence-electron chi connectivity index (χ4n) is 2.32. The SMILES string of the molecule is c1ccc2c(SC3CCCCNC3)ncnc2c1. The predicted octanol–water partition coefficient (Wildman–Crippen LogP) is 2.86. The van der Waals surface area contributed by atoms with Gasteiger partial charge in [0.05, 0.1) is 5.52 Å². The summed E-state index contributed by atoms with van der Waals surface area (Å²) in [7, 11) is 0. The zero-order valence-electron chi connectivity index (χ0n) is 10.3. The van der Waals surface area contributed by atoms with Crippen LogP contribution in [0, 0.1) is 0 Å². The van der Waals surface area contributed by atoms with Gasteiger partial charge in [0, 0.05) is 17.2 Å². The number of para-hydroxylation sites is 1. The Morgan fingerprint density at radius 3 is 3.11 bits per heavy atom. The molecule has 4 heteroatoms. The third-order valence-electron chi connectivity index (χ3n) is 3.29. The lowest BCUT2D eigenvalue weighted by Crippen LogP contribution is -2.22. The van der Waals surface area contributed by atoms with Gasteiger partial charge in [0.15, 0.2) is 0 Å². The van der Waals surface area contributed by atoms with E-state index in [1.165, 1.54) is 24.6 Å². The number of fused-ring (bicyclic) bond motifs is 1. The van der Waals surface area contributed by atoms with Crippen LogP contribution in [0.3, 0.4) is 0 Å². The molecule has 0 bridgehead atoms. The Balaban J connectivity index is 1.85. The first-order chi connectivity index (χ1) is 8.93. The second kappa shape index (κ2) is 5.67. The van der Waals surface area contributed by atoms with Crippen LogP contribution in [0.1, 0.15) is 19.3 Å². The average Bonchev–Trinajstić information content (AvgIpc) is 2.68. The van der Waals surface area contributed by atoms with Gasteiger partial charge in [-0.05, 0) is 25.5 Å². The van der Waals surface area contributed by atoms with Gasteiger partial charge >= 0.3 is 0 Å². The van der Waals surface area contributed by atoms with Gasteiger partial charge < -0.3 is 5.32 Å². The Labute approximate surface area is 111 Å². The van der Waals surface area contributed by atoms with Gasteiger partial charge in [-0.15, -0.1) is 11.8 Å². The van der Waals surface area contributed by atoms with Crippen molar-refractivity contribution in [3.63, 3.8) is 0 Å². The van der Waals surface area contributed by atoms with Crippen LogP contribution in [0.5, 0.6) is 0 Å². The summed E-state index contributed by atoms with van der Waals surface area (Å²) in [5.41, 5.74) is 1.04. The highest BCUT2D eigenvalue weighted by Crippen LogP contribution is 2.30. The molecule has 0 aliphatic carbocycles. The number of thioether (sulfide) groups is 1. The molecule has 0 amide bonds. The summed E-state index contributed by atoms with van der Waals surface area (Å²) in [6, 6.07) is 8.24. The highest BCUT2D eigenvalue weighted by molar-refractivity contribution is 8.00. The zero-order chi connectivity index (χ0) is 12.2. The first kappa shape index (κ1) is 11.9. The van der Waals surface area contributed by atoms with Gasteiger partial charge in [-0.1, -0.05) is 24.6 Å². The van der Waals surface area contributed by atoms with Crippen molar-refractivity contribution in [2.24, 2.45) is 0 Å². The fraction of sp³-hybridized carbons (Fsp3) is 0.429. The Morgan fingerprint density at radius 2 is 2.11 bits per heavy atom. The molecule has 1 aliphatic heterocycles. The van der Waals surface area contributed by atoms with Crippen molar-refractivity contribution in [3.05, 3.63) is 30.6 Å². The van der Waals surface area contributed by atoms with Gasteiger partial charge in [0.25, 0.3) is 0 Å². The molecule has 2 heterocycles.